The second-order valence-corrected chi connectivity index (χ2v) is 5.78. The Morgan fingerprint density at radius 3 is 1.09 bits per heavy atom. The Kier molecular flexibility index (Phi) is 1.84. The summed E-state index contributed by atoms with van der Waals surface area (Å²) in [6, 6.07) is 0. The van der Waals surface area contributed by atoms with E-state index in [1.807, 2.05) is 0 Å². The van der Waals surface area contributed by atoms with E-state index >= 15 is 0 Å². The average Bonchev–Trinajstić information content (AvgIpc) is 1.57. The van der Waals surface area contributed by atoms with Crippen molar-refractivity contribution in [3.05, 3.63) is 0 Å². The van der Waals surface area contributed by atoms with Gasteiger partial charge >= 0.3 is 0 Å². The molecule has 0 bridgehead atoms. The van der Waals surface area contributed by atoms with Crippen LogP contribution in [-0.4, -0.2) is 5.25 Å². The summed E-state index contributed by atoms with van der Waals surface area (Å²) in [5, 5.41) is -2.50. The second-order valence-electron chi connectivity index (χ2n) is 2.98. The monoisotopic (exact) mass is 198 g/mol. The number of hydrogen-bond donors (Lipinski definition) is 0. The van der Waals surface area contributed by atoms with Crippen LogP contribution in [0.4, 0.5) is 19.4 Å². The van der Waals surface area contributed by atoms with Gasteiger partial charge in [-0.3, -0.25) is 0 Å². The van der Waals surface area contributed by atoms with Crippen LogP contribution in [0.2, 0.25) is 0 Å². The maximum absolute atomic E-state index is 11.9. The van der Waals surface area contributed by atoms with Crippen LogP contribution in [0.5, 0.6) is 0 Å². The first-order valence-electron chi connectivity index (χ1n) is 3.07. The lowest BCUT2D eigenvalue weighted by molar-refractivity contribution is 0.327. The maximum Gasteiger partial charge on any atom is 0.288 e. The topological polar surface area (TPSA) is 0 Å². The van der Waals surface area contributed by atoms with E-state index in [-0.39, 0.29) is 0 Å². The van der Waals surface area contributed by atoms with E-state index in [1.54, 1.807) is 0 Å². The van der Waals surface area contributed by atoms with Crippen LogP contribution in [-0.2, 0) is 0 Å². The quantitative estimate of drug-likeness (QED) is 0.579. The van der Waals surface area contributed by atoms with Gasteiger partial charge in [0.25, 0.3) is 10.2 Å². The minimum Gasteiger partial charge on any atom is -0.0975 e. The maximum atomic E-state index is 11.9. The highest BCUT2D eigenvalue weighted by molar-refractivity contribution is 8.46. The van der Waals surface area contributed by atoms with Gasteiger partial charge in [0.1, 0.15) is 0 Å². The van der Waals surface area contributed by atoms with E-state index in [4.69, 9.17) is 0 Å². The number of hydrogen-bond acceptors (Lipinski definition) is 0. The minimum absolute atomic E-state index is 0.520. The fraction of sp³-hybridized carbons (Fsp3) is 1.00. The number of rotatable bonds is 2. The Hall–Kier alpha value is -0.0000000000000000555. The predicted octanol–water partition coefficient (Wildman–Crippen LogP) is 4.33. The van der Waals surface area contributed by atoms with Gasteiger partial charge in [-0.15, -0.1) is 0 Å². The zero-order valence-corrected chi connectivity index (χ0v) is 7.27. The largest absolute Gasteiger partial charge is 0.288 e. The third kappa shape index (κ3) is 3.27. The third-order valence-corrected chi connectivity index (χ3v) is 3.59. The van der Waals surface area contributed by atoms with E-state index in [2.05, 4.69) is 0 Å². The molecule has 0 fully saturated rings. The molecule has 0 aromatic rings. The van der Waals surface area contributed by atoms with E-state index < -0.39 is 21.4 Å². The first kappa shape index (κ1) is 11.0. The molecular formula is C5H11F5S. The number of halogens is 5. The van der Waals surface area contributed by atoms with Crippen molar-refractivity contribution in [2.75, 3.05) is 0 Å². The van der Waals surface area contributed by atoms with Gasteiger partial charge in [0.05, 0.1) is 5.25 Å². The van der Waals surface area contributed by atoms with Crippen molar-refractivity contribution < 1.29 is 19.4 Å². The fourth-order valence-electron chi connectivity index (χ4n) is 0.514. The Labute approximate surface area is 62.5 Å². The molecule has 0 radical (unpaired) electrons. The van der Waals surface area contributed by atoms with Gasteiger partial charge in [-0.2, -0.15) is 0 Å². The molecular weight excluding hydrogens is 187 g/mol. The second kappa shape index (κ2) is 1.84. The highest BCUT2D eigenvalue weighted by atomic mass is 32.5. The molecule has 0 N–H and O–H groups in total. The molecule has 0 nitrogen and oxygen atoms in total. The zero-order chi connectivity index (χ0) is 9.56. The van der Waals surface area contributed by atoms with Crippen LogP contribution in [0, 0.1) is 5.92 Å². The van der Waals surface area contributed by atoms with E-state index in [1.165, 1.54) is 0 Å². The van der Waals surface area contributed by atoms with Crippen LogP contribution >= 0.6 is 10.2 Å². The van der Waals surface area contributed by atoms with Gasteiger partial charge in [0, 0.05) is 0 Å². The third-order valence-electron chi connectivity index (χ3n) is 1.64. The lowest BCUT2D eigenvalue weighted by Gasteiger charge is -2.47. The lowest BCUT2D eigenvalue weighted by atomic mass is 10.2. The van der Waals surface area contributed by atoms with Crippen molar-refractivity contribution in [1.82, 2.24) is 0 Å². The molecule has 0 aromatic heterocycles. The van der Waals surface area contributed by atoms with Crippen LogP contribution in [0.25, 0.3) is 0 Å². The molecule has 6 heteroatoms. The lowest BCUT2D eigenvalue weighted by Crippen LogP contribution is -2.26. The molecule has 72 valence electrons. The first-order valence-corrected chi connectivity index (χ1v) is 5.09. The summed E-state index contributed by atoms with van der Waals surface area (Å²) in [5.74, 6) is -1.08. The van der Waals surface area contributed by atoms with Crippen LogP contribution in [0.3, 0.4) is 0 Å². The summed E-state index contributed by atoms with van der Waals surface area (Å²) in [5.41, 5.74) is 0. The van der Waals surface area contributed by atoms with Crippen LogP contribution in [0.1, 0.15) is 20.8 Å². The molecule has 0 heterocycles. The Balaban J connectivity index is 4.86. The molecule has 0 aromatic carbocycles. The molecule has 0 spiro atoms. The molecule has 0 aliphatic rings. The normalized spacial score (nSPS) is 22.6. The fourth-order valence-corrected chi connectivity index (χ4v) is 1.54. The molecule has 0 amide bonds. The highest BCUT2D eigenvalue weighted by Gasteiger charge is 2.68. The standard InChI is InChI=1S/C5H11F5S/c1-4(2)5(3)11(6,7,8,9)10/h4-5H,1-3H3. The minimum atomic E-state index is -9.21. The summed E-state index contributed by atoms with van der Waals surface area (Å²) < 4.78 is 59.3. The van der Waals surface area contributed by atoms with E-state index in [9.17, 15) is 19.4 Å². The smallest absolute Gasteiger partial charge is 0.0975 e. The zero-order valence-electron chi connectivity index (χ0n) is 6.45. The van der Waals surface area contributed by atoms with Gasteiger partial charge in [-0.25, -0.2) is 0 Å². The van der Waals surface area contributed by atoms with Crippen molar-refractivity contribution in [3.63, 3.8) is 0 Å². The van der Waals surface area contributed by atoms with Gasteiger partial charge in [0.2, 0.25) is 0 Å². The van der Waals surface area contributed by atoms with Gasteiger partial charge in [-0.1, -0.05) is 33.3 Å². The van der Waals surface area contributed by atoms with Gasteiger partial charge < -0.3 is 0 Å². The highest BCUT2D eigenvalue weighted by Crippen LogP contribution is 3.00. The summed E-state index contributed by atoms with van der Waals surface area (Å²) in [7, 11) is -9.21. The molecule has 0 aliphatic carbocycles. The van der Waals surface area contributed by atoms with E-state index in [0.29, 0.717) is 6.92 Å². The SMILES string of the molecule is CC(C)C(C)S(F)(F)(F)(F)F. The molecule has 0 saturated carbocycles. The summed E-state index contributed by atoms with van der Waals surface area (Å²) >= 11 is 0. The molecule has 11 heavy (non-hydrogen) atoms. The Morgan fingerprint density at radius 2 is 1.09 bits per heavy atom. The van der Waals surface area contributed by atoms with Crippen LogP contribution in [0.15, 0.2) is 0 Å². The molecule has 0 rings (SSSR count). The van der Waals surface area contributed by atoms with Crippen molar-refractivity contribution in [3.8, 4) is 0 Å². The Bertz CT molecular complexity index is 152. The molecule has 0 aliphatic heterocycles. The van der Waals surface area contributed by atoms with Crippen molar-refractivity contribution in [1.29, 1.82) is 0 Å². The summed E-state index contributed by atoms with van der Waals surface area (Å²) in [6.45, 7) is 2.78. The van der Waals surface area contributed by atoms with Crippen molar-refractivity contribution in [2.24, 2.45) is 5.92 Å². The Morgan fingerprint density at radius 1 is 0.818 bits per heavy atom. The molecule has 0 saturated heterocycles. The average molecular weight is 198 g/mol. The van der Waals surface area contributed by atoms with Crippen LogP contribution < -0.4 is 0 Å². The van der Waals surface area contributed by atoms with Crippen molar-refractivity contribution in [2.45, 2.75) is 26.0 Å². The van der Waals surface area contributed by atoms with Gasteiger partial charge in [-0.05, 0) is 12.8 Å². The first-order chi connectivity index (χ1) is 4.34. The summed E-state index contributed by atoms with van der Waals surface area (Å²) in [4.78, 5) is 0. The molecule has 1 atom stereocenters. The predicted molar refractivity (Wildman–Crippen MR) is 37.4 cm³/mol. The summed E-state index contributed by atoms with van der Waals surface area (Å²) in [6.07, 6.45) is 0. The van der Waals surface area contributed by atoms with Crippen molar-refractivity contribution >= 4 is 10.2 Å². The van der Waals surface area contributed by atoms with Gasteiger partial charge in [0.15, 0.2) is 0 Å². The molecule has 1 unspecified atom stereocenters. The van der Waals surface area contributed by atoms with E-state index in [0.717, 1.165) is 13.8 Å².